The molecule has 1 aromatic rings. The highest BCUT2D eigenvalue weighted by Crippen LogP contribution is 2.27. The Morgan fingerprint density at radius 2 is 2.50 bits per heavy atom. The molecular weight excluding hydrogens is 300 g/mol. The Morgan fingerprint density at radius 3 is 3.17 bits per heavy atom. The topological polar surface area (TPSA) is 96.2 Å². The van der Waals surface area contributed by atoms with E-state index in [2.05, 4.69) is 36.6 Å². The molecule has 1 fully saturated rings. The van der Waals surface area contributed by atoms with Crippen LogP contribution in [0.15, 0.2) is 10.7 Å². The van der Waals surface area contributed by atoms with Crippen molar-refractivity contribution in [3.8, 4) is 0 Å². The lowest BCUT2D eigenvalue weighted by Gasteiger charge is -2.35. The maximum Gasteiger partial charge on any atom is 0.242 e. The van der Waals surface area contributed by atoms with Gasteiger partial charge in [0.05, 0.1) is 4.47 Å². The fourth-order valence-electron chi connectivity index (χ4n) is 2.00. The summed E-state index contributed by atoms with van der Waals surface area (Å²) in [7, 11) is 0. The van der Waals surface area contributed by atoms with Crippen LogP contribution in [0.25, 0.3) is 0 Å². The number of anilines is 2. The number of nitrogens with one attached hydrogen (secondary N) is 2. The van der Waals surface area contributed by atoms with Crippen molar-refractivity contribution in [2.45, 2.75) is 19.4 Å². The number of nitrogens with two attached hydrogens (primary N) is 1. The molecule has 1 amide bonds. The fourth-order valence-corrected chi connectivity index (χ4v) is 2.42. The molecule has 2 rings (SSSR count). The smallest absolute Gasteiger partial charge is 0.242 e. The van der Waals surface area contributed by atoms with Crippen molar-refractivity contribution >= 4 is 33.6 Å². The van der Waals surface area contributed by atoms with Crippen molar-refractivity contribution in [1.82, 2.24) is 15.3 Å². The molecule has 1 atom stereocenters. The summed E-state index contributed by atoms with van der Waals surface area (Å²) in [6.07, 6.45) is 2.34. The first-order valence-electron chi connectivity index (χ1n) is 5.71. The van der Waals surface area contributed by atoms with Gasteiger partial charge in [-0.2, -0.15) is 4.98 Å². The molecule has 4 N–H and O–H groups in total. The monoisotopic (exact) mass is 314 g/mol. The molecule has 18 heavy (non-hydrogen) atoms. The molecular formula is C10H15BrN6O. The number of amides is 1. The van der Waals surface area contributed by atoms with E-state index in [9.17, 15) is 4.79 Å². The first-order valence-corrected chi connectivity index (χ1v) is 6.50. The predicted octanol–water partition coefficient (Wildman–Crippen LogP) is 0.240. The average Bonchev–Trinajstić information content (AvgIpc) is 2.39. The van der Waals surface area contributed by atoms with Gasteiger partial charge in [-0.15, -0.1) is 0 Å². The van der Waals surface area contributed by atoms with Gasteiger partial charge >= 0.3 is 0 Å². The van der Waals surface area contributed by atoms with Crippen LogP contribution >= 0.6 is 15.9 Å². The van der Waals surface area contributed by atoms with E-state index in [-0.39, 0.29) is 11.9 Å². The molecule has 0 spiro atoms. The van der Waals surface area contributed by atoms with Crippen LogP contribution < -0.4 is 21.5 Å². The number of piperazine rings is 1. The molecule has 1 saturated heterocycles. The van der Waals surface area contributed by atoms with Crippen LogP contribution in [0.5, 0.6) is 0 Å². The number of nitrogen functional groups attached to an aromatic ring is 1. The number of nitrogens with zero attached hydrogens (tertiary/aromatic N) is 3. The number of hydrazine groups is 1. The summed E-state index contributed by atoms with van der Waals surface area (Å²) < 4.78 is 0.745. The average molecular weight is 315 g/mol. The van der Waals surface area contributed by atoms with Crippen LogP contribution in [0.2, 0.25) is 0 Å². The Hall–Kier alpha value is -1.41. The summed E-state index contributed by atoms with van der Waals surface area (Å²) in [5.41, 5.74) is 2.41. The van der Waals surface area contributed by atoms with E-state index in [4.69, 9.17) is 5.84 Å². The molecule has 1 aliphatic rings. The van der Waals surface area contributed by atoms with Crippen molar-refractivity contribution in [2.75, 3.05) is 23.4 Å². The van der Waals surface area contributed by atoms with Gasteiger partial charge in [0.25, 0.3) is 0 Å². The Kier molecular flexibility index (Phi) is 3.97. The van der Waals surface area contributed by atoms with Crippen LogP contribution in [-0.4, -0.2) is 35.0 Å². The zero-order chi connectivity index (χ0) is 13.1. The highest BCUT2D eigenvalue weighted by atomic mass is 79.9. The Bertz CT molecular complexity index is 454. The lowest BCUT2D eigenvalue weighted by atomic mass is 10.1. The first kappa shape index (κ1) is 13.0. The van der Waals surface area contributed by atoms with Gasteiger partial charge in [0.15, 0.2) is 0 Å². The standard InChI is InChI=1S/C10H15BrN6O/c1-2-7-9(18)13-3-4-17(7)8-6(11)5-14-10(15-8)16-12/h5,7H,2-4,12H2,1H3,(H,13,18)(H,14,15,16). The molecule has 1 aromatic heterocycles. The molecule has 0 bridgehead atoms. The number of halogens is 1. The minimum Gasteiger partial charge on any atom is -0.353 e. The molecule has 2 heterocycles. The zero-order valence-corrected chi connectivity index (χ0v) is 11.6. The van der Waals surface area contributed by atoms with Gasteiger partial charge in [-0.3, -0.25) is 10.2 Å². The quantitative estimate of drug-likeness (QED) is 0.546. The Balaban J connectivity index is 2.36. The predicted molar refractivity (Wildman–Crippen MR) is 72.0 cm³/mol. The lowest BCUT2D eigenvalue weighted by molar-refractivity contribution is -0.123. The Labute approximate surface area is 113 Å². The summed E-state index contributed by atoms with van der Waals surface area (Å²) in [4.78, 5) is 22.1. The third-order valence-corrected chi connectivity index (χ3v) is 3.40. The third-order valence-electron chi connectivity index (χ3n) is 2.84. The van der Waals surface area contributed by atoms with Gasteiger partial charge in [0.2, 0.25) is 11.9 Å². The van der Waals surface area contributed by atoms with E-state index in [1.807, 2.05) is 11.8 Å². The second kappa shape index (κ2) is 5.49. The van der Waals surface area contributed by atoms with E-state index < -0.39 is 0 Å². The van der Waals surface area contributed by atoms with E-state index in [0.29, 0.717) is 31.3 Å². The molecule has 1 unspecified atom stereocenters. The van der Waals surface area contributed by atoms with Crippen LogP contribution in [-0.2, 0) is 4.79 Å². The summed E-state index contributed by atoms with van der Waals surface area (Å²) in [6.45, 7) is 3.29. The highest BCUT2D eigenvalue weighted by molar-refractivity contribution is 9.10. The summed E-state index contributed by atoms with van der Waals surface area (Å²) in [6, 6.07) is -0.212. The molecule has 0 aromatic carbocycles. The SMILES string of the molecule is CCC1C(=O)NCCN1c1nc(NN)ncc1Br. The second-order valence-electron chi connectivity index (χ2n) is 3.92. The van der Waals surface area contributed by atoms with Gasteiger partial charge in [-0.1, -0.05) is 6.92 Å². The largest absolute Gasteiger partial charge is 0.353 e. The fraction of sp³-hybridized carbons (Fsp3) is 0.500. The maximum atomic E-state index is 11.8. The number of hydrogen-bond donors (Lipinski definition) is 3. The van der Waals surface area contributed by atoms with Crippen molar-refractivity contribution in [3.05, 3.63) is 10.7 Å². The molecule has 0 saturated carbocycles. The lowest BCUT2D eigenvalue weighted by Crippen LogP contribution is -2.55. The third kappa shape index (κ3) is 2.39. The first-order chi connectivity index (χ1) is 8.67. The van der Waals surface area contributed by atoms with Crippen LogP contribution in [0.1, 0.15) is 13.3 Å². The summed E-state index contributed by atoms with van der Waals surface area (Å²) in [5, 5.41) is 2.85. The van der Waals surface area contributed by atoms with Gasteiger partial charge < -0.3 is 10.2 Å². The van der Waals surface area contributed by atoms with Gasteiger partial charge in [-0.05, 0) is 22.4 Å². The summed E-state index contributed by atoms with van der Waals surface area (Å²) in [5.74, 6) is 6.34. The molecule has 98 valence electrons. The van der Waals surface area contributed by atoms with Crippen LogP contribution in [0.4, 0.5) is 11.8 Å². The minimum atomic E-state index is -0.212. The van der Waals surface area contributed by atoms with Crippen molar-refractivity contribution < 1.29 is 4.79 Å². The molecule has 8 heteroatoms. The number of aromatic nitrogens is 2. The van der Waals surface area contributed by atoms with Crippen molar-refractivity contribution in [2.24, 2.45) is 5.84 Å². The Morgan fingerprint density at radius 1 is 1.72 bits per heavy atom. The van der Waals surface area contributed by atoms with Crippen molar-refractivity contribution in [1.29, 1.82) is 0 Å². The minimum absolute atomic E-state index is 0.0246. The number of carbonyl (C=O) groups is 1. The number of hydrogen-bond acceptors (Lipinski definition) is 6. The summed E-state index contributed by atoms with van der Waals surface area (Å²) >= 11 is 3.40. The van der Waals surface area contributed by atoms with E-state index in [0.717, 1.165) is 4.47 Å². The number of carbonyl (C=O) groups excluding carboxylic acids is 1. The van der Waals surface area contributed by atoms with Gasteiger partial charge in [-0.25, -0.2) is 10.8 Å². The number of rotatable bonds is 3. The normalized spacial score (nSPS) is 19.6. The van der Waals surface area contributed by atoms with E-state index >= 15 is 0 Å². The zero-order valence-electron chi connectivity index (χ0n) is 9.98. The molecule has 0 aliphatic carbocycles. The van der Waals surface area contributed by atoms with E-state index in [1.165, 1.54) is 0 Å². The maximum absolute atomic E-state index is 11.8. The van der Waals surface area contributed by atoms with Crippen LogP contribution in [0, 0.1) is 0 Å². The van der Waals surface area contributed by atoms with Gasteiger partial charge in [0.1, 0.15) is 11.9 Å². The van der Waals surface area contributed by atoms with Crippen LogP contribution in [0.3, 0.4) is 0 Å². The van der Waals surface area contributed by atoms with Crippen molar-refractivity contribution in [3.63, 3.8) is 0 Å². The molecule has 1 aliphatic heterocycles. The van der Waals surface area contributed by atoms with E-state index in [1.54, 1.807) is 6.20 Å². The highest BCUT2D eigenvalue weighted by Gasteiger charge is 2.30. The molecule has 0 radical (unpaired) electrons. The second-order valence-corrected chi connectivity index (χ2v) is 4.77. The molecule has 7 nitrogen and oxygen atoms in total. The van der Waals surface area contributed by atoms with Gasteiger partial charge in [0, 0.05) is 19.3 Å².